The van der Waals surface area contributed by atoms with Crippen LogP contribution in [0.1, 0.15) is 12.0 Å². The second-order valence-corrected chi connectivity index (χ2v) is 4.46. The Morgan fingerprint density at radius 2 is 2.16 bits per heavy atom. The van der Waals surface area contributed by atoms with E-state index in [0.717, 1.165) is 6.42 Å². The highest BCUT2D eigenvalue weighted by molar-refractivity contribution is 5.77. The van der Waals surface area contributed by atoms with Gasteiger partial charge in [0.05, 0.1) is 6.54 Å². The summed E-state index contributed by atoms with van der Waals surface area (Å²) in [5.41, 5.74) is 0.595. The van der Waals surface area contributed by atoms with Crippen molar-refractivity contribution in [2.45, 2.75) is 13.0 Å². The molecule has 19 heavy (non-hydrogen) atoms. The molecule has 0 saturated heterocycles. The molecule has 1 amide bonds. The summed E-state index contributed by atoms with van der Waals surface area (Å²) in [5, 5.41) is 2.79. The Kier molecular flexibility index (Phi) is 7.07. The Morgan fingerprint density at radius 3 is 2.84 bits per heavy atom. The fourth-order valence-electron chi connectivity index (χ4n) is 1.72. The maximum Gasteiger partial charge on any atom is 0.234 e. The molecule has 4 nitrogen and oxygen atoms in total. The predicted molar refractivity (Wildman–Crippen MR) is 72.2 cm³/mol. The average Bonchev–Trinajstić information content (AvgIpc) is 2.37. The molecule has 0 saturated carbocycles. The molecule has 1 aromatic rings. The zero-order valence-electron chi connectivity index (χ0n) is 11.5. The summed E-state index contributed by atoms with van der Waals surface area (Å²) in [4.78, 5) is 13.4. The standard InChI is InChI=1S/C14H21FN2O2/c1-17(10-12-6-3-4-7-13(12)15)11-14(18)16-8-5-9-19-2/h3-4,6-7H,5,8-11H2,1-2H3,(H,16,18). The van der Waals surface area contributed by atoms with E-state index in [4.69, 9.17) is 4.74 Å². The van der Waals surface area contributed by atoms with E-state index in [-0.39, 0.29) is 18.3 Å². The van der Waals surface area contributed by atoms with E-state index in [0.29, 0.717) is 25.3 Å². The maximum atomic E-state index is 13.4. The molecular formula is C14H21FN2O2. The summed E-state index contributed by atoms with van der Waals surface area (Å²) in [5.74, 6) is -0.301. The first-order valence-corrected chi connectivity index (χ1v) is 6.31. The summed E-state index contributed by atoms with van der Waals surface area (Å²) in [6.45, 7) is 1.89. The van der Waals surface area contributed by atoms with Gasteiger partial charge in [-0.05, 0) is 19.5 Å². The van der Waals surface area contributed by atoms with E-state index in [2.05, 4.69) is 5.32 Å². The van der Waals surface area contributed by atoms with Crippen molar-refractivity contribution in [2.75, 3.05) is 33.9 Å². The smallest absolute Gasteiger partial charge is 0.234 e. The van der Waals surface area contributed by atoms with Crippen molar-refractivity contribution in [3.63, 3.8) is 0 Å². The van der Waals surface area contributed by atoms with E-state index < -0.39 is 0 Å². The van der Waals surface area contributed by atoms with Crippen molar-refractivity contribution in [3.05, 3.63) is 35.6 Å². The number of carbonyl (C=O) groups is 1. The highest BCUT2D eigenvalue weighted by Crippen LogP contribution is 2.08. The second kappa shape index (κ2) is 8.61. The van der Waals surface area contributed by atoms with Gasteiger partial charge in [0.25, 0.3) is 0 Å². The molecule has 0 fully saturated rings. The lowest BCUT2D eigenvalue weighted by molar-refractivity contribution is -0.122. The molecule has 1 aromatic carbocycles. The number of carbonyl (C=O) groups excluding carboxylic acids is 1. The number of nitrogens with one attached hydrogen (secondary N) is 1. The Morgan fingerprint density at radius 1 is 1.42 bits per heavy atom. The minimum absolute atomic E-state index is 0.0602. The Hall–Kier alpha value is -1.46. The maximum absolute atomic E-state index is 13.4. The summed E-state index contributed by atoms with van der Waals surface area (Å²) in [7, 11) is 3.42. The van der Waals surface area contributed by atoms with E-state index in [9.17, 15) is 9.18 Å². The summed E-state index contributed by atoms with van der Waals surface area (Å²) in [6.07, 6.45) is 0.791. The molecule has 0 aliphatic carbocycles. The van der Waals surface area contributed by atoms with Crippen molar-refractivity contribution in [1.29, 1.82) is 0 Å². The minimum Gasteiger partial charge on any atom is -0.385 e. The van der Waals surface area contributed by atoms with Crippen LogP contribution in [0.3, 0.4) is 0 Å². The Labute approximate surface area is 113 Å². The number of amides is 1. The Bertz CT molecular complexity index is 399. The van der Waals surface area contributed by atoms with E-state index in [1.54, 1.807) is 37.3 Å². The van der Waals surface area contributed by atoms with Gasteiger partial charge >= 0.3 is 0 Å². The van der Waals surface area contributed by atoms with Crippen LogP contribution >= 0.6 is 0 Å². The van der Waals surface area contributed by atoms with E-state index >= 15 is 0 Å². The number of benzene rings is 1. The van der Waals surface area contributed by atoms with Gasteiger partial charge in [-0.15, -0.1) is 0 Å². The average molecular weight is 268 g/mol. The molecule has 0 aliphatic rings. The van der Waals surface area contributed by atoms with Crippen LogP contribution in [0.2, 0.25) is 0 Å². The van der Waals surface area contributed by atoms with Crippen LogP contribution in [0.15, 0.2) is 24.3 Å². The van der Waals surface area contributed by atoms with Crippen LogP contribution < -0.4 is 5.32 Å². The molecule has 5 heteroatoms. The van der Waals surface area contributed by atoms with Crippen molar-refractivity contribution >= 4 is 5.91 Å². The minimum atomic E-state index is -0.241. The van der Waals surface area contributed by atoms with Gasteiger partial charge in [0.1, 0.15) is 5.82 Å². The van der Waals surface area contributed by atoms with Gasteiger partial charge in [-0.2, -0.15) is 0 Å². The van der Waals surface area contributed by atoms with E-state index in [1.807, 2.05) is 0 Å². The largest absolute Gasteiger partial charge is 0.385 e. The number of rotatable bonds is 8. The highest BCUT2D eigenvalue weighted by atomic mass is 19.1. The van der Waals surface area contributed by atoms with Gasteiger partial charge in [-0.25, -0.2) is 4.39 Å². The molecule has 0 radical (unpaired) electrons. The van der Waals surface area contributed by atoms with Gasteiger partial charge in [0.2, 0.25) is 5.91 Å². The lowest BCUT2D eigenvalue weighted by atomic mass is 10.2. The number of likely N-dealkylation sites (N-methyl/N-ethyl adjacent to an activating group) is 1. The van der Waals surface area contributed by atoms with Gasteiger partial charge in [-0.3, -0.25) is 9.69 Å². The van der Waals surface area contributed by atoms with Crippen molar-refractivity contribution in [3.8, 4) is 0 Å². The molecular weight excluding hydrogens is 247 g/mol. The van der Waals surface area contributed by atoms with Gasteiger partial charge in [0, 0.05) is 32.4 Å². The monoisotopic (exact) mass is 268 g/mol. The molecule has 1 N–H and O–H groups in total. The fourth-order valence-corrected chi connectivity index (χ4v) is 1.72. The van der Waals surface area contributed by atoms with Crippen LogP contribution in [0, 0.1) is 5.82 Å². The second-order valence-electron chi connectivity index (χ2n) is 4.46. The van der Waals surface area contributed by atoms with Gasteiger partial charge < -0.3 is 10.1 Å². The first-order chi connectivity index (χ1) is 9.13. The van der Waals surface area contributed by atoms with Crippen LogP contribution in [0.4, 0.5) is 4.39 Å². The number of methoxy groups -OCH3 is 1. The fraction of sp³-hybridized carbons (Fsp3) is 0.500. The summed E-state index contributed by atoms with van der Waals surface area (Å²) >= 11 is 0. The topological polar surface area (TPSA) is 41.6 Å². The Balaban J connectivity index is 2.29. The molecule has 0 aromatic heterocycles. The van der Waals surface area contributed by atoms with E-state index in [1.165, 1.54) is 6.07 Å². The quantitative estimate of drug-likeness (QED) is 0.725. The van der Waals surface area contributed by atoms with Crippen molar-refractivity contribution < 1.29 is 13.9 Å². The molecule has 0 bridgehead atoms. The first kappa shape index (κ1) is 15.6. The van der Waals surface area contributed by atoms with Gasteiger partial charge in [-0.1, -0.05) is 18.2 Å². The summed E-state index contributed by atoms with van der Waals surface area (Å²) < 4.78 is 18.3. The first-order valence-electron chi connectivity index (χ1n) is 6.31. The van der Waals surface area contributed by atoms with Crippen LogP contribution in [0.25, 0.3) is 0 Å². The normalized spacial score (nSPS) is 10.7. The van der Waals surface area contributed by atoms with Crippen LogP contribution in [-0.4, -0.2) is 44.7 Å². The third-order valence-electron chi connectivity index (χ3n) is 2.66. The number of hydrogen-bond acceptors (Lipinski definition) is 3. The molecule has 0 atom stereocenters. The van der Waals surface area contributed by atoms with Crippen LogP contribution in [-0.2, 0) is 16.1 Å². The molecule has 0 heterocycles. The molecule has 0 unspecified atom stereocenters. The SMILES string of the molecule is COCCCNC(=O)CN(C)Cc1ccccc1F. The molecule has 106 valence electrons. The molecule has 1 rings (SSSR count). The number of halogens is 1. The molecule has 0 aliphatic heterocycles. The lowest BCUT2D eigenvalue weighted by Crippen LogP contribution is -2.35. The number of hydrogen-bond donors (Lipinski definition) is 1. The highest BCUT2D eigenvalue weighted by Gasteiger charge is 2.08. The third kappa shape index (κ3) is 6.31. The predicted octanol–water partition coefficient (Wildman–Crippen LogP) is 1.41. The zero-order chi connectivity index (χ0) is 14.1. The van der Waals surface area contributed by atoms with Crippen molar-refractivity contribution in [1.82, 2.24) is 10.2 Å². The third-order valence-corrected chi connectivity index (χ3v) is 2.66. The van der Waals surface area contributed by atoms with Crippen LogP contribution in [0.5, 0.6) is 0 Å². The molecule has 0 spiro atoms. The van der Waals surface area contributed by atoms with Gasteiger partial charge in [0.15, 0.2) is 0 Å². The number of nitrogens with zero attached hydrogens (tertiary/aromatic N) is 1. The lowest BCUT2D eigenvalue weighted by Gasteiger charge is -2.16. The zero-order valence-corrected chi connectivity index (χ0v) is 11.5. The summed E-state index contributed by atoms with van der Waals surface area (Å²) in [6, 6.07) is 6.59. The van der Waals surface area contributed by atoms with Crippen molar-refractivity contribution in [2.24, 2.45) is 0 Å². The number of ether oxygens (including phenoxy) is 1.